The Morgan fingerprint density at radius 3 is 2.09 bits per heavy atom. The molecule has 0 saturated heterocycles. The third kappa shape index (κ3) is 8.14. The molecule has 0 aliphatic carbocycles. The van der Waals surface area contributed by atoms with Gasteiger partial charge in [0.1, 0.15) is 0 Å². The first-order chi connectivity index (χ1) is 10.1. The van der Waals surface area contributed by atoms with Crippen molar-refractivity contribution in [3.05, 3.63) is 29.8 Å². The summed E-state index contributed by atoms with van der Waals surface area (Å²) in [5.41, 5.74) is 5.28. The Bertz CT molecular complexity index is 561. The van der Waals surface area contributed by atoms with Crippen LogP contribution in [0, 0.1) is 0 Å². The predicted molar refractivity (Wildman–Crippen MR) is 90.7 cm³/mol. The predicted octanol–water partition coefficient (Wildman–Crippen LogP) is 2.36. The Kier molecular flexibility index (Phi) is 8.97. The minimum Gasteiger partial charge on any atom is -0.366 e. The number of nitrogens with one attached hydrogen (secondary N) is 1. The van der Waals surface area contributed by atoms with Crippen molar-refractivity contribution in [3.8, 4) is 0 Å². The van der Waals surface area contributed by atoms with Gasteiger partial charge in [-0.15, -0.1) is 0 Å². The molecule has 1 rings (SSSR count). The van der Waals surface area contributed by atoms with Crippen molar-refractivity contribution in [2.45, 2.75) is 58.0 Å². The zero-order chi connectivity index (χ0) is 17.3. The van der Waals surface area contributed by atoms with E-state index in [-0.39, 0.29) is 16.2 Å². The molecule has 0 spiro atoms. The van der Waals surface area contributed by atoms with E-state index in [1.165, 1.54) is 24.3 Å². The second-order valence-electron chi connectivity index (χ2n) is 5.69. The van der Waals surface area contributed by atoms with Crippen molar-refractivity contribution >= 4 is 15.7 Å². The maximum absolute atomic E-state index is 11.7. The van der Waals surface area contributed by atoms with Crippen LogP contribution >= 0.6 is 0 Å². The van der Waals surface area contributed by atoms with Gasteiger partial charge in [0.05, 0.1) is 10.6 Å². The summed E-state index contributed by atoms with van der Waals surface area (Å²) in [4.78, 5) is 11.0. The molecule has 0 aliphatic heterocycles. The zero-order valence-electron chi connectivity index (χ0n) is 14.1. The Hall–Kier alpha value is -1.40. The molecule has 0 aliphatic rings. The van der Waals surface area contributed by atoms with Gasteiger partial charge in [-0.25, -0.2) is 8.42 Å². The van der Waals surface area contributed by atoms with Crippen LogP contribution in [0.25, 0.3) is 0 Å². The summed E-state index contributed by atoms with van der Waals surface area (Å²) in [6.07, 6.45) is 0.545. The summed E-state index contributed by atoms with van der Waals surface area (Å²) in [5.74, 6) is -0.543. The maximum atomic E-state index is 11.7. The highest BCUT2D eigenvalue weighted by Gasteiger charge is 2.14. The molecular weight excluding hydrogens is 300 g/mol. The van der Waals surface area contributed by atoms with E-state index in [1.807, 2.05) is 0 Å². The highest BCUT2D eigenvalue weighted by atomic mass is 32.2. The lowest BCUT2D eigenvalue weighted by molar-refractivity contribution is 0.1000. The van der Waals surface area contributed by atoms with Crippen LogP contribution in [-0.2, 0) is 9.84 Å². The first-order valence-corrected chi connectivity index (χ1v) is 9.14. The van der Waals surface area contributed by atoms with Crippen molar-refractivity contribution in [1.82, 2.24) is 5.32 Å². The minimum absolute atomic E-state index is 0.0786. The first kappa shape index (κ1) is 20.6. The molecule has 126 valence electrons. The van der Waals surface area contributed by atoms with Gasteiger partial charge in [0.15, 0.2) is 9.84 Å². The van der Waals surface area contributed by atoms with Gasteiger partial charge in [-0.1, -0.05) is 40.7 Å². The van der Waals surface area contributed by atoms with Gasteiger partial charge >= 0.3 is 0 Å². The highest BCUT2D eigenvalue weighted by molar-refractivity contribution is 7.91. The Morgan fingerprint density at radius 2 is 1.73 bits per heavy atom. The van der Waals surface area contributed by atoms with E-state index >= 15 is 0 Å². The van der Waals surface area contributed by atoms with Crippen LogP contribution in [0.15, 0.2) is 29.2 Å². The molecule has 0 unspecified atom stereocenters. The van der Waals surface area contributed by atoms with Crippen LogP contribution in [0.3, 0.4) is 0 Å². The fraction of sp³-hybridized carbons (Fsp3) is 0.562. The summed E-state index contributed by atoms with van der Waals surface area (Å²) in [5, 5.41) is 3.31. The van der Waals surface area contributed by atoms with Crippen LogP contribution in [0.5, 0.6) is 0 Å². The van der Waals surface area contributed by atoms with E-state index < -0.39 is 15.7 Å². The molecule has 1 amide bonds. The zero-order valence-corrected chi connectivity index (χ0v) is 14.9. The second-order valence-corrected chi connectivity index (χ2v) is 7.80. The number of amides is 1. The number of primary amides is 1. The smallest absolute Gasteiger partial charge is 0.248 e. The Balaban J connectivity index is 0.000000534. The van der Waals surface area contributed by atoms with Gasteiger partial charge in [-0.05, 0) is 24.6 Å². The lowest BCUT2D eigenvalue weighted by Crippen LogP contribution is -2.29. The minimum atomic E-state index is -3.27. The molecule has 0 fully saturated rings. The molecule has 0 saturated carbocycles. The van der Waals surface area contributed by atoms with Gasteiger partial charge < -0.3 is 11.1 Å². The van der Waals surface area contributed by atoms with Gasteiger partial charge in [-0.2, -0.15) is 0 Å². The first-order valence-electron chi connectivity index (χ1n) is 7.48. The molecular formula is C16H28N2O3S. The summed E-state index contributed by atoms with van der Waals surface area (Å²) in [6.45, 7) is 10.4. The normalized spacial score (nSPS) is 11.2. The number of hydrogen-bond acceptors (Lipinski definition) is 4. The standard InChI is InChI=1S/C10H13NO3S.C6H15N/c1-2-6-15(13,14)9-5-3-4-8(7-9)10(11)12;1-5(2)7-6(3)4/h3-5,7H,2,6H2,1H3,(H2,11,12);5-7H,1-4H3. The highest BCUT2D eigenvalue weighted by Crippen LogP contribution is 2.13. The van der Waals surface area contributed by atoms with Crippen molar-refractivity contribution < 1.29 is 13.2 Å². The molecule has 22 heavy (non-hydrogen) atoms. The van der Waals surface area contributed by atoms with E-state index in [0.29, 0.717) is 18.5 Å². The topological polar surface area (TPSA) is 89.3 Å². The van der Waals surface area contributed by atoms with Crippen molar-refractivity contribution in [2.24, 2.45) is 5.73 Å². The third-order valence-corrected chi connectivity index (χ3v) is 4.54. The van der Waals surface area contributed by atoms with Crippen molar-refractivity contribution in [3.63, 3.8) is 0 Å². The third-order valence-electron chi connectivity index (χ3n) is 2.62. The Labute approximate surface area is 134 Å². The summed E-state index contributed by atoms with van der Waals surface area (Å²) in [7, 11) is -3.27. The van der Waals surface area contributed by atoms with Crippen molar-refractivity contribution in [1.29, 1.82) is 0 Å². The van der Waals surface area contributed by atoms with Gasteiger partial charge in [0.25, 0.3) is 0 Å². The van der Waals surface area contributed by atoms with Gasteiger partial charge in [0.2, 0.25) is 5.91 Å². The molecule has 0 aromatic heterocycles. The van der Waals surface area contributed by atoms with E-state index in [9.17, 15) is 13.2 Å². The molecule has 1 aromatic carbocycles. The summed E-state index contributed by atoms with van der Waals surface area (Å²) in [6, 6.07) is 7.04. The average Bonchev–Trinajstić information content (AvgIpc) is 2.38. The van der Waals surface area contributed by atoms with Crippen LogP contribution in [0.1, 0.15) is 51.4 Å². The molecule has 0 radical (unpaired) electrons. The SMILES string of the molecule is CC(C)NC(C)C.CCCS(=O)(=O)c1cccc(C(N)=O)c1. The summed E-state index contributed by atoms with van der Waals surface area (Å²) < 4.78 is 23.3. The van der Waals surface area contributed by atoms with Crippen LogP contribution < -0.4 is 11.1 Å². The molecule has 0 heterocycles. The number of carbonyl (C=O) groups is 1. The van der Waals surface area contributed by atoms with Crippen LogP contribution in [-0.4, -0.2) is 32.2 Å². The maximum Gasteiger partial charge on any atom is 0.248 e. The average molecular weight is 328 g/mol. The van der Waals surface area contributed by atoms with Crippen LogP contribution in [0.2, 0.25) is 0 Å². The molecule has 5 nitrogen and oxygen atoms in total. The van der Waals surface area contributed by atoms with Gasteiger partial charge in [0, 0.05) is 17.6 Å². The monoisotopic (exact) mass is 328 g/mol. The second kappa shape index (κ2) is 9.58. The number of sulfone groups is 1. The quantitative estimate of drug-likeness (QED) is 0.839. The molecule has 0 atom stereocenters. The Morgan fingerprint density at radius 1 is 1.18 bits per heavy atom. The molecule has 1 aromatic rings. The van der Waals surface area contributed by atoms with Crippen LogP contribution in [0.4, 0.5) is 0 Å². The fourth-order valence-electron chi connectivity index (χ4n) is 1.90. The van der Waals surface area contributed by atoms with Gasteiger partial charge in [-0.3, -0.25) is 4.79 Å². The number of benzene rings is 1. The fourth-order valence-corrected chi connectivity index (χ4v) is 3.26. The lowest BCUT2D eigenvalue weighted by Gasteiger charge is -2.10. The van der Waals surface area contributed by atoms with E-state index in [1.54, 1.807) is 6.92 Å². The number of rotatable bonds is 6. The number of hydrogen-bond donors (Lipinski definition) is 2. The number of nitrogens with two attached hydrogens (primary N) is 1. The van der Waals surface area contributed by atoms with E-state index in [4.69, 9.17) is 5.73 Å². The molecule has 6 heteroatoms. The summed E-state index contributed by atoms with van der Waals surface area (Å²) >= 11 is 0. The molecule has 3 N–H and O–H groups in total. The van der Waals surface area contributed by atoms with Crippen molar-refractivity contribution in [2.75, 3.05) is 5.75 Å². The molecule has 0 bridgehead atoms. The lowest BCUT2D eigenvalue weighted by atomic mass is 10.2. The number of carbonyl (C=O) groups excluding carboxylic acids is 1. The van der Waals surface area contributed by atoms with E-state index in [2.05, 4.69) is 33.0 Å². The largest absolute Gasteiger partial charge is 0.366 e. The van der Waals surface area contributed by atoms with E-state index in [0.717, 1.165) is 0 Å².